The maximum absolute atomic E-state index is 14.9. The number of amides is 1. The van der Waals surface area contributed by atoms with Crippen molar-refractivity contribution in [2.75, 3.05) is 11.1 Å². The third-order valence-corrected chi connectivity index (χ3v) is 4.83. The number of aliphatic hydroxyl groups is 1. The molecule has 1 unspecified atom stereocenters. The van der Waals surface area contributed by atoms with E-state index in [2.05, 4.69) is 20.4 Å². The highest BCUT2D eigenvalue weighted by Gasteiger charge is 2.22. The van der Waals surface area contributed by atoms with Gasteiger partial charge in [-0.05, 0) is 24.6 Å². The van der Waals surface area contributed by atoms with Gasteiger partial charge in [-0.1, -0.05) is 23.7 Å². The fraction of sp³-hybridized carbons (Fsp3) is 0.100. The highest BCUT2D eigenvalue weighted by molar-refractivity contribution is 6.30. The number of nitrogens with one attached hydrogen (secondary N) is 1. The maximum Gasteiger partial charge on any atom is 0.257 e. The molecule has 31 heavy (non-hydrogen) atoms. The average Bonchev–Trinajstić information content (AvgIpc) is 3.07. The van der Waals surface area contributed by atoms with Crippen molar-refractivity contribution in [2.24, 2.45) is 0 Å². The summed E-state index contributed by atoms with van der Waals surface area (Å²) in [7, 11) is 0. The van der Waals surface area contributed by atoms with Crippen LogP contribution in [0.25, 0.3) is 16.7 Å². The highest BCUT2D eigenvalue weighted by atomic mass is 35.5. The summed E-state index contributed by atoms with van der Waals surface area (Å²) in [6.45, 7) is 1.64. The summed E-state index contributed by atoms with van der Waals surface area (Å²) in [6, 6.07) is 7.64. The molecular formula is C20H15ClF2N6O2. The molecule has 0 saturated carbocycles. The Bertz CT molecular complexity index is 1330. The Morgan fingerprint density at radius 2 is 2.00 bits per heavy atom. The molecule has 2 aromatic heterocycles. The monoisotopic (exact) mass is 444 g/mol. The summed E-state index contributed by atoms with van der Waals surface area (Å²) in [4.78, 5) is 20.3. The van der Waals surface area contributed by atoms with Gasteiger partial charge in [0.1, 0.15) is 28.9 Å². The fourth-order valence-corrected chi connectivity index (χ4v) is 3.31. The summed E-state index contributed by atoms with van der Waals surface area (Å²) >= 11 is 5.85. The van der Waals surface area contributed by atoms with Crippen molar-refractivity contribution < 1.29 is 18.7 Å². The summed E-state index contributed by atoms with van der Waals surface area (Å²) in [5.41, 5.74) is 6.45. The SMILES string of the molecule is Cc1nn(-c2cc(F)c(NC(=O)C(O)c3cccc(Cl)c3)cc2F)c2c(N)ncnc12. The maximum atomic E-state index is 14.9. The van der Waals surface area contributed by atoms with Gasteiger partial charge in [0.05, 0.1) is 11.4 Å². The lowest BCUT2D eigenvalue weighted by Gasteiger charge is -2.14. The molecule has 11 heteroatoms. The molecule has 2 heterocycles. The second kappa shape index (κ2) is 7.89. The van der Waals surface area contributed by atoms with Crippen molar-refractivity contribution in [2.45, 2.75) is 13.0 Å². The first-order valence-corrected chi connectivity index (χ1v) is 9.33. The molecule has 0 aliphatic carbocycles. The van der Waals surface area contributed by atoms with E-state index in [0.717, 1.165) is 16.8 Å². The Balaban J connectivity index is 1.68. The van der Waals surface area contributed by atoms with Gasteiger partial charge < -0.3 is 16.2 Å². The minimum Gasteiger partial charge on any atom is -0.382 e. The van der Waals surface area contributed by atoms with Crippen LogP contribution in [0.1, 0.15) is 17.4 Å². The van der Waals surface area contributed by atoms with Crippen LogP contribution in [0.2, 0.25) is 5.02 Å². The minimum absolute atomic E-state index is 0.0485. The first-order valence-electron chi connectivity index (χ1n) is 8.96. The Labute approximate surface area is 179 Å². The van der Waals surface area contributed by atoms with E-state index >= 15 is 0 Å². The molecule has 0 spiro atoms. The number of benzene rings is 2. The summed E-state index contributed by atoms with van der Waals surface area (Å²) in [6.07, 6.45) is -0.382. The van der Waals surface area contributed by atoms with Crippen LogP contribution in [-0.4, -0.2) is 30.8 Å². The van der Waals surface area contributed by atoms with Crippen molar-refractivity contribution in [3.05, 3.63) is 70.6 Å². The number of aromatic nitrogens is 4. The van der Waals surface area contributed by atoms with Crippen LogP contribution >= 0.6 is 11.6 Å². The number of anilines is 2. The normalized spacial score (nSPS) is 12.2. The number of carbonyl (C=O) groups is 1. The number of aryl methyl sites for hydroxylation is 1. The van der Waals surface area contributed by atoms with Crippen molar-refractivity contribution in [1.29, 1.82) is 0 Å². The molecule has 158 valence electrons. The number of hydrogen-bond donors (Lipinski definition) is 3. The van der Waals surface area contributed by atoms with Crippen LogP contribution in [0.5, 0.6) is 0 Å². The van der Waals surface area contributed by atoms with Crippen LogP contribution in [0.15, 0.2) is 42.7 Å². The first kappa shape index (κ1) is 20.6. The van der Waals surface area contributed by atoms with Gasteiger partial charge in [0.2, 0.25) is 0 Å². The van der Waals surface area contributed by atoms with Gasteiger partial charge in [0.25, 0.3) is 5.91 Å². The lowest BCUT2D eigenvalue weighted by molar-refractivity contribution is -0.124. The average molecular weight is 445 g/mol. The van der Waals surface area contributed by atoms with Gasteiger partial charge in [-0.3, -0.25) is 4.79 Å². The van der Waals surface area contributed by atoms with Crippen molar-refractivity contribution in [1.82, 2.24) is 19.7 Å². The van der Waals surface area contributed by atoms with Crippen molar-refractivity contribution in [3.8, 4) is 5.69 Å². The number of hydrogen-bond acceptors (Lipinski definition) is 6. The molecule has 8 nitrogen and oxygen atoms in total. The third-order valence-electron chi connectivity index (χ3n) is 4.59. The topological polar surface area (TPSA) is 119 Å². The molecule has 1 amide bonds. The van der Waals surface area contributed by atoms with E-state index in [1.807, 2.05) is 0 Å². The Morgan fingerprint density at radius 1 is 1.23 bits per heavy atom. The quantitative estimate of drug-likeness (QED) is 0.444. The van der Waals surface area contributed by atoms with Crippen molar-refractivity contribution in [3.63, 3.8) is 0 Å². The fourth-order valence-electron chi connectivity index (χ4n) is 3.11. The van der Waals surface area contributed by atoms with Crippen LogP contribution < -0.4 is 11.1 Å². The minimum atomic E-state index is -1.63. The van der Waals surface area contributed by atoms with Gasteiger partial charge in [-0.2, -0.15) is 5.10 Å². The number of nitrogens with zero attached hydrogens (tertiary/aromatic N) is 4. The molecule has 0 bridgehead atoms. The zero-order chi connectivity index (χ0) is 22.3. The van der Waals surface area contributed by atoms with Crippen LogP contribution in [0, 0.1) is 18.6 Å². The van der Waals surface area contributed by atoms with E-state index < -0.39 is 29.3 Å². The third kappa shape index (κ3) is 3.78. The Kier molecular flexibility index (Phi) is 5.25. The van der Waals surface area contributed by atoms with Gasteiger partial charge in [-0.25, -0.2) is 23.4 Å². The molecule has 0 saturated heterocycles. The van der Waals surface area contributed by atoms with Crippen LogP contribution in [0.3, 0.4) is 0 Å². The number of rotatable bonds is 4. The number of nitrogens with two attached hydrogens (primary N) is 1. The molecule has 4 rings (SSSR count). The smallest absolute Gasteiger partial charge is 0.257 e. The van der Waals surface area contributed by atoms with E-state index in [-0.39, 0.29) is 22.6 Å². The van der Waals surface area contributed by atoms with Gasteiger partial charge in [0, 0.05) is 17.2 Å². The summed E-state index contributed by atoms with van der Waals surface area (Å²) in [5, 5.41) is 16.9. The zero-order valence-corrected chi connectivity index (χ0v) is 16.7. The van der Waals surface area contributed by atoms with E-state index in [1.54, 1.807) is 19.1 Å². The number of aliphatic hydroxyl groups excluding tert-OH is 1. The predicted octanol–water partition coefficient (Wildman–Crippen LogP) is 3.31. The van der Waals surface area contributed by atoms with Gasteiger partial charge >= 0.3 is 0 Å². The van der Waals surface area contributed by atoms with Crippen LogP contribution in [-0.2, 0) is 4.79 Å². The molecule has 1 atom stereocenters. The summed E-state index contributed by atoms with van der Waals surface area (Å²) < 4.78 is 30.7. The van der Waals surface area contributed by atoms with Gasteiger partial charge in [0.15, 0.2) is 17.7 Å². The molecule has 0 aliphatic rings. The van der Waals surface area contributed by atoms with E-state index in [9.17, 15) is 18.7 Å². The van der Waals surface area contributed by atoms with E-state index in [0.29, 0.717) is 16.2 Å². The molecule has 0 aliphatic heterocycles. The van der Waals surface area contributed by atoms with E-state index in [4.69, 9.17) is 17.3 Å². The predicted molar refractivity (Wildman–Crippen MR) is 111 cm³/mol. The molecule has 4 N–H and O–H groups in total. The number of nitrogen functional groups attached to an aromatic ring is 1. The molecule has 2 aromatic carbocycles. The Morgan fingerprint density at radius 3 is 2.74 bits per heavy atom. The molecule has 4 aromatic rings. The van der Waals surface area contributed by atoms with E-state index in [1.165, 1.54) is 18.5 Å². The standard InChI is InChI=1S/C20H15ClF2N6O2/c1-9-16-17(19(24)26-8-25-16)29(28-9)15-7-12(22)14(6-13(15)23)27-20(31)18(30)10-3-2-4-11(21)5-10/h2-8,18,30H,1H3,(H,27,31)(H2,24,25,26). The lowest BCUT2D eigenvalue weighted by atomic mass is 10.1. The zero-order valence-electron chi connectivity index (χ0n) is 16.0. The molecule has 0 fully saturated rings. The number of carbonyl (C=O) groups excluding carboxylic acids is 1. The second-order valence-corrected chi connectivity index (χ2v) is 7.12. The van der Waals surface area contributed by atoms with Gasteiger partial charge in [-0.15, -0.1) is 0 Å². The van der Waals surface area contributed by atoms with Crippen molar-refractivity contribution >= 4 is 40.0 Å². The number of halogens is 3. The van der Waals surface area contributed by atoms with Crippen LogP contribution in [0.4, 0.5) is 20.3 Å². The largest absolute Gasteiger partial charge is 0.382 e. The lowest BCUT2D eigenvalue weighted by Crippen LogP contribution is -2.21. The second-order valence-electron chi connectivity index (χ2n) is 6.68. The summed E-state index contributed by atoms with van der Waals surface area (Å²) in [5.74, 6) is -2.74. The molecule has 0 radical (unpaired) electrons. The number of fused-ring (bicyclic) bond motifs is 1. The first-order chi connectivity index (χ1) is 14.8. The molecular weight excluding hydrogens is 430 g/mol. The highest BCUT2D eigenvalue weighted by Crippen LogP contribution is 2.28. The Hall–Kier alpha value is -3.63.